The van der Waals surface area contributed by atoms with Crippen LogP contribution in [0.15, 0.2) is 0 Å². The standard InChI is InChI=1S/C8H15NOS/c1-5(2)7(10)9-8(11)6(3)4/h5-6H,1-4H3,(H,9,10,11). The fourth-order valence-corrected chi connectivity index (χ4v) is 0.511. The number of hydrogen-bond donors (Lipinski definition) is 1. The molecule has 0 rings (SSSR count). The molecule has 0 aromatic heterocycles. The van der Waals surface area contributed by atoms with Gasteiger partial charge < -0.3 is 5.32 Å². The molecule has 0 saturated carbocycles. The van der Waals surface area contributed by atoms with Crippen LogP contribution < -0.4 is 5.32 Å². The van der Waals surface area contributed by atoms with E-state index in [0.717, 1.165) is 0 Å². The van der Waals surface area contributed by atoms with Gasteiger partial charge in [-0.05, 0) is 0 Å². The molecule has 0 aromatic carbocycles. The highest BCUT2D eigenvalue weighted by atomic mass is 32.1. The highest BCUT2D eigenvalue weighted by Gasteiger charge is 2.10. The van der Waals surface area contributed by atoms with Crippen LogP contribution in [-0.4, -0.2) is 10.9 Å². The lowest BCUT2D eigenvalue weighted by molar-refractivity contribution is -0.122. The van der Waals surface area contributed by atoms with Crippen LogP contribution in [0.2, 0.25) is 0 Å². The van der Waals surface area contributed by atoms with Crippen molar-refractivity contribution in [2.75, 3.05) is 0 Å². The molecular formula is C8H15NOS. The zero-order valence-corrected chi connectivity index (χ0v) is 8.29. The van der Waals surface area contributed by atoms with Crippen LogP contribution in [0.5, 0.6) is 0 Å². The lowest BCUT2D eigenvalue weighted by atomic mass is 10.2. The lowest BCUT2D eigenvalue weighted by Gasteiger charge is -2.10. The molecule has 1 N–H and O–H groups in total. The van der Waals surface area contributed by atoms with Crippen LogP contribution >= 0.6 is 12.2 Å². The SMILES string of the molecule is CC(C)C(=O)NC(=S)C(C)C. The minimum atomic E-state index is 0.00343. The van der Waals surface area contributed by atoms with Gasteiger partial charge in [-0.25, -0.2) is 0 Å². The Kier molecular flexibility index (Phi) is 4.26. The van der Waals surface area contributed by atoms with Crippen LogP contribution in [0.4, 0.5) is 0 Å². The average molecular weight is 173 g/mol. The monoisotopic (exact) mass is 173 g/mol. The topological polar surface area (TPSA) is 29.1 Å². The largest absolute Gasteiger partial charge is 0.320 e. The van der Waals surface area contributed by atoms with Gasteiger partial charge in [-0.1, -0.05) is 39.9 Å². The second-order valence-electron chi connectivity index (χ2n) is 3.16. The first-order valence-electron chi connectivity index (χ1n) is 3.79. The van der Waals surface area contributed by atoms with Crippen molar-refractivity contribution in [2.24, 2.45) is 11.8 Å². The van der Waals surface area contributed by atoms with Gasteiger partial charge in [0.25, 0.3) is 0 Å². The van der Waals surface area contributed by atoms with Gasteiger partial charge in [0.05, 0.1) is 4.99 Å². The molecule has 0 spiro atoms. The maximum atomic E-state index is 11.1. The van der Waals surface area contributed by atoms with Gasteiger partial charge in [-0.3, -0.25) is 4.79 Å². The van der Waals surface area contributed by atoms with Gasteiger partial charge >= 0.3 is 0 Å². The first kappa shape index (κ1) is 10.6. The number of nitrogens with one attached hydrogen (secondary N) is 1. The van der Waals surface area contributed by atoms with E-state index in [-0.39, 0.29) is 17.7 Å². The molecule has 0 aliphatic carbocycles. The third-order valence-corrected chi connectivity index (χ3v) is 1.87. The van der Waals surface area contributed by atoms with E-state index >= 15 is 0 Å². The Labute approximate surface area is 73.4 Å². The Balaban J connectivity index is 3.86. The summed E-state index contributed by atoms with van der Waals surface area (Å²) < 4.78 is 0. The lowest BCUT2D eigenvalue weighted by Crippen LogP contribution is -2.35. The zero-order chi connectivity index (χ0) is 9.02. The smallest absolute Gasteiger partial charge is 0.227 e. The molecule has 0 unspecified atom stereocenters. The Morgan fingerprint density at radius 3 is 1.91 bits per heavy atom. The van der Waals surface area contributed by atoms with Crippen LogP contribution in [0.25, 0.3) is 0 Å². The van der Waals surface area contributed by atoms with Gasteiger partial charge in [0.1, 0.15) is 0 Å². The highest BCUT2D eigenvalue weighted by Crippen LogP contribution is 1.96. The van der Waals surface area contributed by atoms with Crippen molar-refractivity contribution in [1.82, 2.24) is 5.32 Å². The van der Waals surface area contributed by atoms with E-state index in [2.05, 4.69) is 5.32 Å². The number of thiocarbonyl (C=S) groups is 1. The molecule has 3 heteroatoms. The van der Waals surface area contributed by atoms with Gasteiger partial charge in [0.2, 0.25) is 5.91 Å². The maximum absolute atomic E-state index is 11.1. The molecule has 0 aliphatic rings. The minimum absolute atomic E-state index is 0.00343. The van der Waals surface area contributed by atoms with Crippen LogP contribution in [-0.2, 0) is 4.79 Å². The van der Waals surface area contributed by atoms with E-state index in [0.29, 0.717) is 4.99 Å². The van der Waals surface area contributed by atoms with E-state index < -0.39 is 0 Å². The Morgan fingerprint density at radius 2 is 1.64 bits per heavy atom. The second-order valence-corrected chi connectivity index (χ2v) is 3.60. The van der Waals surface area contributed by atoms with Crippen molar-refractivity contribution >= 4 is 23.1 Å². The summed E-state index contributed by atoms with van der Waals surface area (Å²) in [7, 11) is 0. The summed E-state index contributed by atoms with van der Waals surface area (Å²) in [5.41, 5.74) is 0. The molecule has 0 bridgehead atoms. The summed E-state index contributed by atoms with van der Waals surface area (Å²) in [6, 6.07) is 0. The second kappa shape index (κ2) is 4.44. The summed E-state index contributed by atoms with van der Waals surface area (Å²) in [4.78, 5) is 11.7. The van der Waals surface area contributed by atoms with Crippen LogP contribution in [0.3, 0.4) is 0 Å². The Morgan fingerprint density at radius 1 is 1.18 bits per heavy atom. The van der Waals surface area contributed by atoms with E-state index in [9.17, 15) is 4.79 Å². The quantitative estimate of drug-likeness (QED) is 0.644. The van der Waals surface area contributed by atoms with Gasteiger partial charge in [0.15, 0.2) is 0 Å². The van der Waals surface area contributed by atoms with Gasteiger partial charge in [-0.15, -0.1) is 0 Å². The number of hydrogen-bond acceptors (Lipinski definition) is 2. The van der Waals surface area contributed by atoms with E-state index in [1.54, 1.807) is 0 Å². The van der Waals surface area contributed by atoms with Crippen molar-refractivity contribution in [3.8, 4) is 0 Å². The van der Waals surface area contributed by atoms with Crippen molar-refractivity contribution < 1.29 is 4.79 Å². The zero-order valence-electron chi connectivity index (χ0n) is 7.47. The summed E-state index contributed by atoms with van der Waals surface area (Å²) in [6.45, 7) is 7.61. The molecule has 0 fully saturated rings. The predicted molar refractivity (Wildman–Crippen MR) is 50.4 cm³/mol. The van der Waals surface area contributed by atoms with Crippen molar-refractivity contribution in [3.05, 3.63) is 0 Å². The highest BCUT2D eigenvalue weighted by molar-refractivity contribution is 7.80. The summed E-state index contributed by atoms with van der Waals surface area (Å²) in [6.07, 6.45) is 0. The third kappa shape index (κ3) is 4.09. The Bertz CT molecular complexity index is 145. The molecule has 0 radical (unpaired) electrons. The summed E-state index contributed by atoms with van der Waals surface area (Å²) in [5, 5.41) is 2.67. The summed E-state index contributed by atoms with van der Waals surface area (Å²) in [5.74, 6) is 0.253. The summed E-state index contributed by atoms with van der Waals surface area (Å²) >= 11 is 4.94. The normalized spacial score (nSPS) is 10.4. The maximum Gasteiger partial charge on any atom is 0.227 e. The Hall–Kier alpha value is -0.440. The minimum Gasteiger partial charge on any atom is -0.320 e. The number of carbonyl (C=O) groups is 1. The third-order valence-electron chi connectivity index (χ3n) is 1.30. The molecule has 64 valence electrons. The van der Waals surface area contributed by atoms with E-state index in [1.807, 2.05) is 27.7 Å². The van der Waals surface area contributed by atoms with E-state index in [4.69, 9.17) is 12.2 Å². The van der Waals surface area contributed by atoms with Gasteiger partial charge in [0, 0.05) is 11.8 Å². The van der Waals surface area contributed by atoms with E-state index in [1.165, 1.54) is 0 Å². The molecule has 0 aromatic rings. The molecule has 1 amide bonds. The molecule has 0 heterocycles. The molecule has 2 nitrogen and oxygen atoms in total. The average Bonchev–Trinajstić information content (AvgIpc) is 1.87. The predicted octanol–water partition coefficient (Wildman–Crippen LogP) is 1.74. The first-order chi connectivity index (χ1) is 4.95. The fourth-order valence-electron chi connectivity index (χ4n) is 0.410. The number of carbonyl (C=O) groups excluding carboxylic acids is 1. The molecule has 0 saturated heterocycles. The molecular weight excluding hydrogens is 158 g/mol. The van der Waals surface area contributed by atoms with Gasteiger partial charge in [-0.2, -0.15) is 0 Å². The first-order valence-corrected chi connectivity index (χ1v) is 4.20. The number of rotatable bonds is 2. The van der Waals surface area contributed by atoms with Crippen molar-refractivity contribution in [2.45, 2.75) is 27.7 Å². The molecule has 0 atom stereocenters. The van der Waals surface area contributed by atoms with Crippen molar-refractivity contribution in [1.29, 1.82) is 0 Å². The molecule has 11 heavy (non-hydrogen) atoms. The number of amides is 1. The fraction of sp³-hybridized carbons (Fsp3) is 0.750. The van der Waals surface area contributed by atoms with Crippen LogP contribution in [0, 0.1) is 11.8 Å². The van der Waals surface area contributed by atoms with Crippen LogP contribution in [0.1, 0.15) is 27.7 Å². The van der Waals surface area contributed by atoms with Crippen molar-refractivity contribution in [3.63, 3.8) is 0 Å². The molecule has 0 aliphatic heterocycles.